The highest BCUT2D eigenvalue weighted by Gasteiger charge is 2.27. The van der Waals surface area contributed by atoms with E-state index in [-0.39, 0.29) is 32.0 Å². The van der Waals surface area contributed by atoms with Crippen LogP contribution in [0.2, 0.25) is 0 Å². The summed E-state index contributed by atoms with van der Waals surface area (Å²) in [5.74, 6) is -0.822. The summed E-state index contributed by atoms with van der Waals surface area (Å²) in [6, 6.07) is 0. The van der Waals surface area contributed by atoms with Gasteiger partial charge < -0.3 is 18.9 Å². The van der Waals surface area contributed by atoms with Crippen molar-refractivity contribution in [1.29, 1.82) is 0 Å². The number of carbonyl (C=O) groups excluding carboxylic acids is 2. The number of likely N-dealkylation sites (N-methyl/N-ethyl adjacent to an activating group) is 1. The lowest BCUT2D eigenvalue weighted by molar-refractivity contribution is -0.870. The van der Waals surface area contributed by atoms with E-state index in [0.717, 1.165) is 77.0 Å². The molecule has 0 heterocycles. The first kappa shape index (κ1) is 52.0. The molecule has 0 radical (unpaired) electrons. The van der Waals surface area contributed by atoms with Gasteiger partial charge in [0.1, 0.15) is 19.8 Å². The van der Waals surface area contributed by atoms with Crippen LogP contribution < -0.4 is 0 Å². The highest BCUT2D eigenvalue weighted by molar-refractivity contribution is 7.47. The lowest BCUT2D eigenvalue weighted by atomic mass is 10.0. The monoisotopic (exact) mass is 783 g/mol. The molecule has 2 atom stereocenters. The maximum Gasteiger partial charge on any atom is 0.472 e. The molecule has 0 saturated heterocycles. The molecule has 0 aromatic rings. The number of phosphoric ester groups is 1. The van der Waals surface area contributed by atoms with Crippen LogP contribution in [-0.4, -0.2) is 74.9 Å². The average molecular weight is 783 g/mol. The number of nitrogens with zero attached hydrogens (tertiary/aromatic N) is 1. The third kappa shape index (κ3) is 39.7. The van der Waals surface area contributed by atoms with Gasteiger partial charge in [-0.3, -0.25) is 18.6 Å². The molecular weight excluding hydrogens is 701 g/mol. The molecule has 314 valence electrons. The summed E-state index contributed by atoms with van der Waals surface area (Å²) in [4.78, 5) is 35.3. The molecule has 54 heavy (non-hydrogen) atoms. The Bertz CT molecular complexity index is 1050. The van der Waals surface area contributed by atoms with Crippen LogP contribution in [0.3, 0.4) is 0 Å². The van der Waals surface area contributed by atoms with Crippen molar-refractivity contribution in [2.24, 2.45) is 0 Å². The minimum atomic E-state index is -4.38. The number of unbranched alkanes of at least 4 members (excludes halogenated alkanes) is 18. The number of hydrogen-bond acceptors (Lipinski definition) is 7. The number of carbonyl (C=O) groups is 2. The normalized spacial score (nSPS) is 13.9. The van der Waals surface area contributed by atoms with Crippen molar-refractivity contribution in [2.45, 2.75) is 174 Å². The van der Waals surface area contributed by atoms with Crippen LogP contribution >= 0.6 is 7.82 Å². The van der Waals surface area contributed by atoms with Gasteiger partial charge in [0.2, 0.25) is 0 Å². The zero-order valence-corrected chi connectivity index (χ0v) is 35.9. The Labute approximate surface area is 331 Å². The quantitative estimate of drug-likeness (QED) is 0.0216. The molecule has 0 spiro atoms. The Morgan fingerprint density at radius 3 is 1.61 bits per heavy atom. The lowest BCUT2D eigenvalue weighted by Gasteiger charge is -2.24. The molecule has 1 N–H and O–H groups in total. The number of allylic oxidation sites excluding steroid dienone is 7. The predicted octanol–water partition coefficient (Wildman–Crippen LogP) is 11.9. The van der Waals surface area contributed by atoms with Crippen molar-refractivity contribution in [2.75, 3.05) is 47.5 Å². The summed E-state index contributed by atoms with van der Waals surface area (Å²) in [6.45, 7) is 5.80. The molecule has 0 amide bonds. The van der Waals surface area contributed by atoms with Gasteiger partial charge in [-0.2, -0.15) is 0 Å². The van der Waals surface area contributed by atoms with Crippen molar-refractivity contribution >= 4 is 19.8 Å². The molecular formula is C44H81NO8P+. The molecule has 0 aliphatic rings. The summed E-state index contributed by atoms with van der Waals surface area (Å²) in [5.41, 5.74) is 0. The number of hydrogen-bond donors (Lipinski definition) is 1. The molecule has 0 aromatic heterocycles. The Morgan fingerprint density at radius 1 is 0.630 bits per heavy atom. The average Bonchev–Trinajstić information content (AvgIpc) is 3.12. The van der Waals surface area contributed by atoms with Crippen molar-refractivity contribution in [3.8, 4) is 0 Å². The number of esters is 2. The van der Waals surface area contributed by atoms with Crippen molar-refractivity contribution in [1.82, 2.24) is 0 Å². The Hall–Kier alpha value is -2.03. The van der Waals surface area contributed by atoms with E-state index in [1.807, 2.05) is 27.2 Å². The summed E-state index contributed by atoms with van der Waals surface area (Å²) in [5, 5.41) is 0. The Morgan fingerprint density at radius 2 is 1.09 bits per heavy atom. The van der Waals surface area contributed by atoms with E-state index in [1.165, 1.54) is 64.2 Å². The topological polar surface area (TPSA) is 108 Å². The lowest BCUT2D eigenvalue weighted by Crippen LogP contribution is -2.37. The third-order valence-electron chi connectivity index (χ3n) is 8.99. The zero-order valence-electron chi connectivity index (χ0n) is 35.0. The van der Waals surface area contributed by atoms with Gasteiger partial charge in [0.05, 0.1) is 27.7 Å². The summed E-state index contributed by atoms with van der Waals surface area (Å²) >= 11 is 0. The molecule has 10 heteroatoms. The smallest absolute Gasteiger partial charge is 0.462 e. The SMILES string of the molecule is C=CCCCCCCCCCCCCCCCC(=O)OC[C@H](COP(=O)(O)OCC[N+](C)(C)C)OC(=O)CCCCCCC/C=C/C/C=C/C/C=C/CC. The summed E-state index contributed by atoms with van der Waals surface area (Å²) in [7, 11) is 1.46. The van der Waals surface area contributed by atoms with Crippen LogP contribution in [0.5, 0.6) is 0 Å². The standard InChI is InChI=1S/C44H80NO8P/c1-6-8-10-12-14-16-18-20-22-24-26-28-30-32-34-36-43(46)50-40-42(41-52-54(48,49)51-39-38-45(3,4)5)53-44(47)37-35-33-31-29-27-25-23-21-19-17-15-13-11-9-7-2/h6,9,11,15,17,21,23,42H,1,7-8,10,12-14,16,18-20,22,24-41H2,2-5H3/p+1/b11-9+,17-15+,23-21+/t42-/m1/s1. The second-order valence-corrected chi connectivity index (χ2v) is 16.9. The summed E-state index contributed by atoms with van der Waals surface area (Å²) in [6.07, 6.45) is 40.5. The van der Waals surface area contributed by atoms with Gasteiger partial charge in [0.15, 0.2) is 6.10 Å². The van der Waals surface area contributed by atoms with Crippen molar-refractivity contribution in [3.63, 3.8) is 0 Å². The molecule has 0 aromatic carbocycles. The fourth-order valence-electron chi connectivity index (χ4n) is 5.65. The number of phosphoric acid groups is 1. The van der Waals surface area contributed by atoms with E-state index in [1.54, 1.807) is 0 Å². The molecule has 9 nitrogen and oxygen atoms in total. The Kier molecular flexibility index (Phi) is 35.2. The van der Waals surface area contributed by atoms with Gasteiger partial charge in [-0.05, 0) is 57.8 Å². The van der Waals surface area contributed by atoms with Crippen LogP contribution in [-0.2, 0) is 32.7 Å². The van der Waals surface area contributed by atoms with Gasteiger partial charge in [-0.15, -0.1) is 6.58 Å². The maximum absolute atomic E-state index is 12.7. The van der Waals surface area contributed by atoms with Crippen LogP contribution in [0, 0.1) is 0 Å². The zero-order chi connectivity index (χ0) is 40.0. The van der Waals surface area contributed by atoms with Crippen LogP contribution in [0.15, 0.2) is 49.1 Å². The number of rotatable bonds is 39. The minimum absolute atomic E-state index is 0.0263. The Balaban J connectivity index is 4.38. The highest BCUT2D eigenvalue weighted by atomic mass is 31.2. The highest BCUT2D eigenvalue weighted by Crippen LogP contribution is 2.43. The molecule has 0 aliphatic heterocycles. The van der Waals surface area contributed by atoms with Crippen LogP contribution in [0.25, 0.3) is 0 Å². The van der Waals surface area contributed by atoms with Gasteiger partial charge in [-0.25, -0.2) is 4.57 Å². The first-order valence-electron chi connectivity index (χ1n) is 21.3. The van der Waals surface area contributed by atoms with Crippen molar-refractivity contribution in [3.05, 3.63) is 49.1 Å². The van der Waals surface area contributed by atoms with E-state index in [2.05, 4.69) is 50.0 Å². The van der Waals surface area contributed by atoms with Crippen LogP contribution in [0.4, 0.5) is 0 Å². The maximum atomic E-state index is 12.7. The van der Waals surface area contributed by atoms with E-state index >= 15 is 0 Å². The molecule has 0 rings (SSSR count). The fourth-order valence-corrected chi connectivity index (χ4v) is 6.40. The molecule has 1 unspecified atom stereocenters. The largest absolute Gasteiger partial charge is 0.472 e. The van der Waals surface area contributed by atoms with Gasteiger partial charge in [0.25, 0.3) is 0 Å². The van der Waals surface area contributed by atoms with E-state index < -0.39 is 26.5 Å². The van der Waals surface area contributed by atoms with Crippen LogP contribution in [0.1, 0.15) is 167 Å². The van der Waals surface area contributed by atoms with Gasteiger partial charge in [0, 0.05) is 12.8 Å². The van der Waals surface area contributed by atoms with E-state index in [9.17, 15) is 19.0 Å². The first-order chi connectivity index (χ1) is 26.0. The van der Waals surface area contributed by atoms with Crippen molar-refractivity contribution < 1.29 is 42.1 Å². The molecule has 0 bridgehead atoms. The number of ether oxygens (including phenoxy) is 2. The predicted molar refractivity (Wildman–Crippen MR) is 224 cm³/mol. The summed E-state index contributed by atoms with van der Waals surface area (Å²) < 4.78 is 34.3. The van der Waals surface area contributed by atoms with E-state index in [0.29, 0.717) is 17.4 Å². The molecule has 0 aliphatic carbocycles. The van der Waals surface area contributed by atoms with E-state index in [4.69, 9.17) is 18.5 Å². The third-order valence-corrected chi connectivity index (χ3v) is 9.97. The second-order valence-electron chi connectivity index (χ2n) is 15.4. The molecule has 0 saturated carbocycles. The minimum Gasteiger partial charge on any atom is -0.462 e. The van der Waals surface area contributed by atoms with Gasteiger partial charge >= 0.3 is 19.8 Å². The van der Waals surface area contributed by atoms with Gasteiger partial charge in [-0.1, -0.05) is 139 Å². The molecule has 0 fully saturated rings. The second kappa shape index (κ2) is 36.6. The first-order valence-corrected chi connectivity index (χ1v) is 22.8. The number of quaternary nitrogens is 1. The fraction of sp³-hybridized carbons (Fsp3) is 0.773.